The zero-order valence-electron chi connectivity index (χ0n) is 19.1. The number of thiophene rings is 1. The van der Waals surface area contributed by atoms with Gasteiger partial charge in [0.25, 0.3) is 12.3 Å². The van der Waals surface area contributed by atoms with Crippen molar-refractivity contribution in [3.05, 3.63) is 44.9 Å². The van der Waals surface area contributed by atoms with Gasteiger partial charge in [0.2, 0.25) is 5.91 Å². The molecule has 0 atom stereocenters. The normalized spacial score (nSPS) is 11.5. The first-order valence-electron chi connectivity index (χ1n) is 10.7. The third-order valence-electron chi connectivity index (χ3n) is 5.68. The van der Waals surface area contributed by atoms with Gasteiger partial charge in [0.05, 0.1) is 29.1 Å². The van der Waals surface area contributed by atoms with E-state index in [1.807, 2.05) is 20.8 Å². The number of halogens is 3. The number of nitrogens with zero attached hydrogens (tertiary/aromatic N) is 5. The standard InChI is InChI=1S/C22H22BrF2N7O2S/c1-4-31-10(2)13(8-27-31)12-7-15(20(24)25)29-22-17(12)18(19(35-22)21(26)34)30-16(33)5-6-32-11(3)14(23)9-28-32/h7-9,20H,4-6H2,1-3H3,(H2,26,34)(H,30,33). The van der Waals surface area contributed by atoms with Crippen LogP contribution in [0.25, 0.3) is 21.3 Å². The number of hydrogen-bond donors (Lipinski definition) is 2. The molecule has 0 radical (unpaired) electrons. The lowest BCUT2D eigenvalue weighted by Gasteiger charge is -2.11. The van der Waals surface area contributed by atoms with Gasteiger partial charge in [-0.15, -0.1) is 11.3 Å². The maximum absolute atomic E-state index is 13.7. The molecule has 0 aromatic carbocycles. The molecule has 35 heavy (non-hydrogen) atoms. The Hall–Kier alpha value is -3.19. The average Bonchev–Trinajstić information content (AvgIpc) is 3.47. The molecule has 13 heteroatoms. The number of pyridine rings is 1. The molecule has 4 heterocycles. The van der Waals surface area contributed by atoms with E-state index >= 15 is 0 Å². The Bertz CT molecular complexity index is 1440. The van der Waals surface area contributed by atoms with Crippen LogP contribution in [0.5, 0.6) is 0 Å². The van der Waals surface area contributed by atoms with Gasteiger partial charge in [0, 0.05) is 35.3 Å². The lowest BCUT2D eigenvalue weighted by molar-refractivity contribution is -0.116. The smallest absolute Gasteiger partial charge is 0.280 e. The topological polar surface area (TPSA) is 121 Å². The molecular formula is C22H22BrF2N7O2S. The molecule has 9 nitrogen and oxygen atoms in total. The monoisotopic (exact) mass is 565 g/mol. The summed E-state index contributed by atoms with van der Waals surface area (Å²) in [5.74, 6) is -1.18. The van der Waals surface area contributed by atoms with Crippen LogP contribution in [0.15, 0.2) is 22.9 Å². The van der Waals surface area contributed by atoms with E-state index in [4.69, 9.17) is 5.73 Å². The number of hydrogen-bond acceptors (Lipinski definition) is 6. The molecule has 0 fully saturated rings. The number of primary amides is 1. The highest BCUT2D eigenvalue weighted by molar-refractivity contribution is 9.10. The third-order valence-corrected chi connectivity index (χ3v) is 7.56. The van der Waals surface area contributed by atoms with Gasteiger partial charge in [-0.25, -0.2) is 13.8 Å². The SMILES string of the molecule is CCn1ncc(-c2cc(C(F)F)nc3sc(C(N)=O)c(NC(=O)CCn4ncc(Br)c4C)c23)c1C. The summed E-state index contributed by atoms with van der Waals surface area (Å²) in [5, 5.41) is 11.7. The second-order valence-electron chi connectivity index (χ2n) is 7.80. The van der Waals surface area contributed by atoms with E-state index in [1.54, 1.807) is 21.8 Å². The Morgan fingerprint density at radius 2 is 1.89 bits per heavy atom. The van der Waals surface area contributed by atoms with Gasteiger partial charge in [-0.1, -0.05) is 0 Å². The summed E-state index contributed by atoms with van der Waals surface area (Å²) in [5.41, 5.74) is 7.93. The number of nitrogens with two attached hydrogens (primary N) is 1. The predicted molar refractivity (Wildman–Crippen MR) is 133 cm³/mol. The molecule has 0 unspecified atom stereocenters. The van der Waals surface area contributed by atoms with Gasteiger partial charge in [-0.3, -0.25) is 19.0 Å². The maximum atomic E-state index is 13.7. The van der Waals surface area contributed by atoms with Crippen LogP contribution in [0, 0.1) is 13.8 Å². The Morgan fingerprint density at radius 3 is 2.46 bits per heavy atom. The van der Waals surface area contributed by atoms with Crippen LogP contribution in [0.4, 0.5) is 14.5 Å². The van der Waals surface area contributed by atoms with E-state index in [9.17, 15) is 18.4 Å². The predicted octanol–water partition coefficient (Wildman–Crippen LogP) is 4.82. The van der Waals surface area contributed by atoms with Crippen LogP contribution >= 0.6 is 27.3 Å². The summed E-state index contributed by atoms with van der Waals surface area (Å²) >= 11 is 4.25. The fourth-order valence-corrected chi connectivity index (χ4v) is 5.13. The molecule has 0 saturated carbocycles. The molecule has 2 amide bonds. The number of aromatic nitrogens is 5. The highest BCUT2D eigenvalue weighted by Crippen LogP contribution is 2.43. The second-order valence-corrected chi connectivity index (χ2v) is 9.66. The van der Waals surface area contributed by atoms with Crippen LogP contribution in [0.3, 0.4) is 0 Å². The number of anilines is 1. The number of aryl methyl sites for hydroxylation is 2. The maximum Gasteiger partial charge on any atom is 0.280 e. The molecule has 4 rings (SSSR count). The van der Waals surface area contributed by atoms with Gasteiger partial charge in [0.15, 0.2) is 0 Å². The van der Waals surface area contributed by atoms with Crippen LogP contribution in [-0.4, -0.2) is 36.4 Å². The largest absolute Gasteiger partial charge is 0.365 e. The summed E-state index contributed by atoms with van der Waals surface area (Å²) in [7, 11) is 0. The van der Waals surface area contributed by atoms with Crippen LogP contribution in [0.2, 0.25) is 0 Å². The van der Waals surface area contributed by atoms with Crippen molar-refractivity contribution in [2.45, 2.75) is 46.7 Å². The second kappa shape index (κ2) is 9.82. The molecule has 0 bridgehead atoms. The van der Waals surface area contributed by atoms with E-state index < -0.39 is 18.0 Å². The van der Waals surface area contributed by atoms with Gasteiger partial charge < -0.3 is 11.1 Å². The van der Waals surface area contributed by atoms with E-state index in [0.29, 0.717) is 29.6 Å². The first-order chi connectivity index (χ1) is 16.6. The zero-order chi connectivity index (χ0) is 25.4. The minimum absolute atomic E-state index is 0.0343. The van der Waals surface area contributed by atoms with Gasteiger partial charge in [-0.05, 0) is 48.3 Å². The molecule has 3 N–H and O–H groups in total. The first-order valence-corrected chi connectivity index (χ1v) is 12.3. The summed E-state index contributed by atoms with van der Waals surface area (Å²) < 4.78 is 31.6. The number of alkyl halides is 2. The van der Waals surface area contributed by atoms with Gasteiger partial charge >= 0.3 is 0 Å². The summed E-state index contributed by atoms with van der Waals surface area (Å²) in [4.78, 5) is 29.4. The number of amides is 2. The van der Waals surface area contributed by atoms with Crippen LogP contribution < -0.4 is 11.1 Å². The molecule has 0 aliphatic carbocycles. The Labute approximate surface area is 211 Å². The van der Waals surface area contributed by atoms with Crippen molar-refractivity contribution in [1.82, 2.24) is 24.5 Å². The molecule has 0 spiro atoms. The van der Waals surface area contributed by atoms with E-state index in [2.05, 4.69) is 36.4 Å². The van der Waals surface area contributed by atoms with Gasteiger partial charge in [0.1, 0.15) is 15.4 Å². The lowest BCUT2D eigenvalue weighted by atomic mass is 10.0. The number of carbonyl (C=O) groups excluding carboxylic acids is 2. The summed E-state index contributed by atoms with van der Waals surface area (Å²) in [6.07, 6.45) is 0.458. The number of fused-ring (bicyclic) bond motifs is 1. The molecule has 0 aliphatic rings. The fourth-order valence-electron chi connectivity index (χ4n) is 3.82. The van der Waals surface area contributed by atoms with E-state index in [-0.39, 0.29) is 27.7 Å². The van der Waals surface area contributed by atoms with Crippen LogP contribution in [0.1, 0.15) is 46.5 Å². The molecular weight excluding hydrogens is 544 g/mol. The average molecular weight is 566 g/mol. The van der Waals surface area contributed by atoms with Crippen molar-refractivity contribution >= 4 is 55.0 Å². The minimum Gasteiger partial charge on any atom is -0.365 e. The van der Waals surface area contributed by atoms with Gasteiger partial charge in [-0.2, -0.15) is 10.2 Å². The molecule has 0 aliphatic heterocycles. The molecule has 4 aromatic heterocycles. The molecule has 184 valence electrons. The van der Waals surface area contributed by atoms with E-state index in [0.717, 1.165) is 27.2 Å². The third kappa shape index (κ3) is 4.69. The van der Waals surface area contributed by atoms with Crippen molar-refractivity contribution in [2.24, 2.45) is 5.73 Å². The Kier molecular flexibility index (Phi) is 6.99. The van der Waals surface area contributed by atoms with Crippen molar-refractivity contribution < 1.29 is 18.4 Å². The van der Waals surface area contributed by atoms with Crippen LogP contribution in [-0.2, 0) is 17.9 Å². The number of rotatable bonds is 8. The minimum atomic E-state index is -2.83. The molecule has 0 saturated heterocycles. The van der Waals surface area contributed by atoms with Crippen molar-refractivity contribution in [1.29, 1.82) is 0 Å². The zero-order valence-corrected chi connectivity index (χ0v) is 21.5. The van der Waals surface area contributed by atoms with E-state index in [1.165, 1.54) is 6.07 Å². The van der Waals surface area contributed by atoms with Crippen molar-refractivity contribution in [2.75, 3.05) is 5.32 Å². The van der Waals surface area contributed by atoms with Crippen molar-refractivity contribution in [3.8, 4) is 11.1 Å². The highest BCUT2D eigenvalue weighted by atomic mass is 79.9. The molecule has 4 aromatic rings. The number of nitrogens with one attached hydrogen (secondary N) is 1. The lowest BCUT2D eigenvalue weighted by Crippen LogP contribution is -2.18. The first kappa shape index (κ1) is 24.9. The fraction of sp³-hybridized carbons (Fsp3) is 0.318. The highest BCUT2D eigenvalue weighted by Gasteiger charge is 2.26. The van der Waals surface area contributed by atoms with Crippen molar-refractivity contribution in [3.63, 3.8) is 0 Å². The number of carbonyl (C=O) groups is 2. The summed E-state index contributed by atoms with van der Waals surface area (Å²) in [6, 6.07) is 1.27. The quantitative estimate of drug-likeness (QED) is 0.317. The Balaban J connectivity index is 1.81. The Morgan fingerprint density at radius 1 is 1.17 bits per heavy atom. The summed E-state index contributed by atoms with van der Waals surface area (Å²) in [6.45, 7) is 6.50.